The van der Waals surface area contributed by atoms with E-state index >= 15 is 0 Å². The van der Waals surface area contributed by atoms with Gasteiger partial charge in [0.2, 0.25) is 0 Å². The van der Waals surface area contributed by atoms with Gasteiger partial charge in [-0.05, 0) is 38.9 Å². The van der Waals surface area contributed by atoms with Gasteiger partial charge in [-0.1, -0.05) is 20.8 Å². The first-order valence-corrected chi connectivity index (χ1v) is 13.4. The van der Waals surface area contributed by atoms with Gasteiger partial charge in [-0.15, -0.1) is 0 Å². The molecule has 0 saturated heterocycles. The average molecular weight is 413 g/mol. The lowest BCUT2D eigenvalue weighted by Crippen LogP contribution is -2.46. The van der Waals surface area contributed by atoms with Gasteiger partial charge >= 0.3 is 13.6 Å². The lowest BCUT2D eigenvalue weighted by molar-refractivity contribution is -0.157. The molecule has 0 aromatic rings. The second-order valence-electron chi connectivity index (χ2n) is 8.77. The molecule has 0 saturated carbocycles. The third-order valence-corrected chi connectivity index (χ3v) is 10.3. The Labute approximate surface area is 159 Å². The van der Waals surface area contributed by atoms with E-state index in [1.54, 1.807) is 0 Å². The molecule has 0 spiro atoms. The van der Waals surface area contributed by atoms with Crippen LogP contribution >= 0.6 is 7.60 Å². The van der Waals surface area contributed by atoms with Crippen LogP contribution in [0.3, 0.4) is 0 Å². The van der Waals surface area contributed by atoms with Gasteiger partial charge in [-0.3, -0.25) is 9.36 Å². The first-order chi connectivity index (χ1) is 11.6. The van der Waals surface area contributed by atoms with Crippen LogP contribution in [0.15, 0.2) is 0 Å². The summed E-state index contributed by atoms with van der Waals surface area (Å²) >= 11 is 0. The van der Waals surface area contributed by atoms with Crippen molar-refractivity contribution in [3.63, 3.8) is 0 Å². The van der Waals surface area contributed by atoms with Crippen molar-refractivity contribution in [2.45, 2.75) is 77.8 Å². The fourth-order valence-corrected chi connectivity index (χ4v) is 3.80. The predicted octanol–water partition coefficient (Wildman–Crippen LogP) is 4.57. The van der Waals surface area contributed by atoms with Crippen LogP contribution in [0.4, 0.5) is 0 Å². The first kappa shape index (κ1) is 25.8. The lowest BCUT2D eigenvalue weighted by Gasteiger charge is -2.39. The summed E-state index contributed by atoms with van der Waals surface area (Å²) in [6, 6.07) is 0. The summed E-state index contributed by atoms with van der Waals surface area (Å²) < 4.78 is 39.0. The van der Waals surface area contributed by atoms with E-state index in [0.29, 0.717) is 0 Å². The Balaban J connectivity index is 5.05. The smallest absolute Gasteiger partial charge is 0.355 e. The Morgan fingerprint density at radius 2 is 1.54 bits per heavy atom. The first-order valence-electron chi connectivity index (χ1n) is 8.73. The summed E-state index contributed by atoms with van der Waals surface area (Å²) in [5.41, 5.74) is -0.568. The average Bonchev–Trinajstić information content (AvgIpc) is 2.43. The van der Waals surface area contributed by atoms with Crippen molar-refractivity contribution in [1.29, 1.82) is 0 Å². The monoisotopic (exact) mass is 412 g/mol. The third-order valence-electron chi connectivity index (χ3n) is 4.19. The van der Waals surface area contributed by atoms with Crippen LogP contribution in [0.25, 0.3) is 0 Å². The number of rotatable bonds is 10. The Hall–Kier alpha value is -0.243. The van der Waals surface area contributed by atoms with E-state index in [2.05, 4.69) is 33.9 Å². The van der Waals surface area contributed by atoms with Crippen LogP contribution in [0.2, 0.25) is 18.1 Å². The topological polar surface area (TPSA) is 80.3 Å². The summed E-state index contributed by atoms with van der Waals surface area (Å²) in [5, 5.41) is -0.0203. The predicted molar refractivity (Wildman–Crippen MR) is 105 cm³/mol. The molecule has 1 atom stereocenters. The van der Waals surface area contributed by atoms with Gasteiger partial charge in [0.15, 0.2) is 8.32 Å². The van der Waals surface area contributed by atoms with Gasteiger partial charge in [-0.2, -0.15) is 0 Å². The molecule has 0 amide bonds. The highest BCUT2D eigenvalue weighted by molar-refractivity contribution is 7.53. The maximum absolute atomic E-state index is 12.2. The second-order valence-corrected chi connectivity index (χ2v) is 15.7. The zero-order valence-electron chi connectivity index (χ0n) is 18.0. The van der Waals surface area contributed by atoms with Gasteiger partial charge in [0.05, 0.1) is 19.1 Å². The number of esters is 1. The second kappa shape index (κ2) is 9.80. The molecule has 156 valence electrons. The van der Waals surface area contributed by atoms with Crippen molar-refractivity contribution < 1.29 is 32.3 Å². The van der Waals surface area contributed by atoms with E-state index in [4.69, 9.17) is 22.9 Å². The third kappa shape index (κ3) is 9.62. The van der Waals surface area contributed by atoms with Crippen LogP contribution in [0.1, 0.15) is 48.0 Å². The molecule has 9 heteroatoms. The van der Waals surface area contributed by atoms with Crippen LogP contribution in [0.5, 0.6) is 0 Å². The van der Waals surface area contributed by atoms with Crippen molar-refractivity contribution in [1.82, 2.24) is 0 Å². The molecule has 0 heterocycles. The zero-order chi connectivity index (χ0) is 20.8. The standard InChI is InChI=1S/C17H37O7PSi/c1-16(2,3)23-15(18)11-14(24-26(9,10)17(4,5)6)12-22-13-25(19,20-7)21-8/h14H,11-13H2,1-10H3/t14-/m1/s1. The van der Waals surface area contributed by atoms with E-state index in [1.165, 1.54) is 14.2 Å². The highest BCUT2D eigenvalue weighted by Gasteiger charge is 2.40. The fraction of sp³-hybridized carbons (Fsp3) is 0.941. The Morgan fingerprint density at radius 3 is 1.92 bits per heavy atom. The minimum atomic E-state index is -3.27. The van der Waals surface area contributed by atoms with Gasteiger partial charge in [0.25, 0.3) is 0 Å². The number of carbonyl (C=O) groups excluding carboxylic acids is 1. The molecule has 0 aliphatic rings. The molecule has 0 bridgehead atoms. The Kier molecular flexibility index (Phi) is 9.71. The molecule has 0 aliphatic carbocycles. The summed E-state index contributed by atoms with van der Waals surface area (Å²) in [6.07, 6.45) is -0.632. The zero-order valence-corrected chi connectivity index (χ0v) is 19.9. The SMILES string of the molecule is COP(=O)(COC[C@@H](CC(=O)OC(C)(C)C)O[Si](C)(C)C(C)(C)C)OC. The normalized spacial score (nSPS) is 15.0. The Bertz CT molecular complexity index is 486. The minimum absolute atomic E-state index is 0.0203. The summed E-state index contributed by atoms with van der Waals surface area (Å²) in [5.74, 6) is -0.355. The number of hydrogen-bond donors (Lipinski definition) is 0. The largest absolute Gasteiger partial charge is 0.460 e. The van der Waals surface area contributed by atoms with Crippen LogP contribution in [-0.4, -0.2) is 53.2 Å². The number of carbonyl (C=O) groups is 1. The molecule has 0 N–H and O–H groups in total. The molecule has 0 aliphatic heterocycles. The molecule has 0 rings (SSSR count). The molecule has 0 aromatic heterocycles. The summed E-state index contributed by atoms with van der Waals surface area (Å²) in [6.45, 7) is 16.1. The number of ether oxygens (including phenoxy) is 2. The van der Waals surface area contributed by atoms with E-state index < -0.39 is 27.6 Å². The number of hydrogen-bond acceptors (Lipinski definition) is 7. The fourth-order valence-electron chi connectivity index (χ4n) is 1.77. The van der Waals surface area contributed by atoms with Gasteiger partial charge < -0.3 is 22.9 Å². The van der Waals surface area contributed by atoms with E-state index in [-0.39, 0.29) is 30.4 Å². The maximum atomic E-state index is 12.2. The molecular formula is C17H37O7PSi. The molecule has 0 unspecified atom stereocenters. The minimum Gasteiger partial charge on any atom is -0.460 e. The maximum Gasteiger partial charge on any atom is 0.355 e. The Morgan fingerprint density at radius 1 is 1.04 bits per heavy atom. The van der Waals surface area contributed by atoms with E-state index in [0.717, 1.165) is 0 Å². The summed E-state index contributed by atoms with van der Waals surface area (Å²) in [7, 11) is -2.79. The van der Waals surface area contributed by atoms with Crippen LogP contribution < -0.4 is 0 Å². The van der Waals surface area contributed by atoms with Crippen molar-refractivity contribution >= 4 is 21.9 Å². The van der Waals surface area contributed by atoms with Crippen molar-refractivity contribution in [2.75, 3.05) is 27.2 Å². The van der Waals surface area contributed by atoms with Crippen molar-refractivity contribution in [2.24, 2.45) is 0 Å². The van der Waals surface area contributed by atoms with E-state index in [9.17, 15) is 9.36 Å². The lowest BCUT2D eigenvalue weighted by atomic mass is 10.2. The van der Waals surface area contributed by atoms with Crippen molar-refractivity contribution in [3.05, 3.63) is 0 Å². The summed E-state index contributed by atoms with van der Waals surface area (Å²) in [4.78, 5) is 12.2. The molecule has 0 radical (unpaired) electrons. The molecular weight excluding hydrogens is 375 g/mol. The quantitative estimate of drug-likeness (QED) is 0.295. The van der Waals surface area contributed by atoms with Crippen LogP contribution in [0, 0.1) is 0 Å². The van der Waals surface area contributed by atoms with Crippen LogP contribution in [-0.2, 0) is 32.3 Å². The van der Waals surface area contributed by atoms with Gasteiger partial charge in [0.1, 0.15) is 11.9 Å². The highest BCUT2D eigenvalue weighted by Crippen LogP contribution is 2.46. The molecule has 0 fully saturated rings. The molecule has 7 nitrogen and oxygen atoms in total. The van der Waals surface area contributed by atoms with E-state index in [1.807, 2.05) is 20.8 Å². The molecule has 0 aromatic carbocycles. The van der Waals surface area contributed by atoms with Gasteiger partial charge in [-0.25, -0.2) is 0 Å². The molecule has 26 heavy (non-hydrogen) atoms. The van der Waals surface area contributed by atoms with Gasteiger partial charge in [0, 0.05) is 14.2 Å². The highest BCUT2D eigenvalue weighted by atomic mass is 31.2. The van der Waals surface area contributed by atoms with Crippen molar-refractivity contribution in [3.8, 4) is 0 Å².